The molecule has 2 N–H and O–H groups in total. The summed E-state index contributed by atoms with van der Waals surface area (Å²) in [5, 5.41) is 0. The van der Waals surface area contributed by atoms with Crippen molar-refractivity contribution in [2.24, 2.45) is 5.73 Å². The fourth-order valence-corrected chi connectivity index (χ4v) is 1.44. The topological polar surface area (TPSA) is 26.0 Å². The number of nitrogens with two attached hydrogens (primary N) is 1. The van der Waals surface area contributed by atoms with Crippen LogP contribution in [0.15, 0.2) is 22.7 Å². The molecule has 0 heterocycles. The Hall–Kier alpha value is -0.260. The van der Waals surface area contributed by atoms with Crippen molar-refractivity contribution in [1.82, 2.24) is 0 Å². The molecule has 6 heteroatoms. The molecule has 1 atom stereocenters. The first-order chi connectivity index (χ1) is 6.04. The summed E-state index contributed by atoms with van der Waals surface area (Å²) < 4.78 is 37.2. The maximum atomic E-state index is 12.9. The molecule has 0 amide bonds. The van der Waals surface area contributed by atoms with E-state index in [1.807, 2.05) is 0 Å². The van der Waals surface area contributed by atoms with Gasteiger partial charge in [0.1, 0.15) is 5.82 Å². The molecule has 1 aromatic carbocycles. The van der Waals surface area contributed by atoms with Crippen molar-refractivity contribution in [3.63, 3.8) is 0 Å². The minimum absolute atomic E-state index is 0. The highest BCUT2D eigenvalue weighted by molar-refractivity contribution is 9.10. The molecule has 1 nitrogen and oxygen atoms in total. The lowest BCUT2D eigenvalue weighted by molar-refractivity contribution is 0.116. The maximum absolute atomic E-state index is 12.9. The molecule has 0 unspecified atom stereocenters. The first-order valence-electron chi connectivity index (χ1n) is 3.51. The zero-order valence-electron chi connectivity index (χ0n) is 6.88. The predicted molar refractivity (Wildman–Crippen MR) is 54.3 cm³/mol. The SMILES string of the molecule is Cl.N[C@@H](c1cccc(F)c1Br)C(F)F. The van der Waals surface area contributed by atoms with E-state index in [1.54, 1.807) is 0 Å². The first kappa shape index (κ1) is 13.7. The molecule has 0 saturated heterocycles. The summed E-state index contributed by atoms with van der Waals surface area (Å²) in [6.45, 7) is 0. The molecular formula is C8H8BrClF3N. The average molecular weight is 291 g/mol. The third-order valence-electron chi connectivity index (χ3n) is 1.61. The molecule has 1 aromatic rings. The Morgan fingerprint density at radius 1 is 1.29 bits per heavy atom. The molecule has 0 bridgehead atoms. The minimum Gasteiger partial charge on any atom is -0.319 e. The van der Waals surface area contributed by atoms with Crippen LogP contribution in [0.1, 0.15) is 11.6 Å². The zero-order valence-corrected chi connectivity index (χ0v) is 9.29. The molecular weight excluding hydrogens is 282 g/mol. The molecule has 0 aliphatic heterocycles. The molecule has 1 rings (SSSR count). The molecule has 80 valence electrons. The molecule has 0 fully saturated rings. The maximum Gasteiger partial charge on any atom is 0.257 e. The summed E-state index contributed by atoms with van der Waals surface area (Å²) in [5.74, 6) is -0.589. The lowest BCUT2D eigenvalue weighted by Crippen LogP contribution is -2.19. The standard InChI is InChI=1S/C8H7BrF3N.ClH/c9-6-4(7(13)8(11)12)2-1-3-5(6)10;/h1-3,7-8H,13H2;1H/t7-;/m0./s1. The fraction of sp³-hybridized carbons (Fsp3) is 0.250. The zero-order chi connectivity index (χ0) is 10.0. The molecule has 0 spiro atoms. The van der Waals surface area contributed by atoms with Gasteiger partial charge in [-0.25, -0.2) is 13.2 Å². The average Bonchev–Trinajstić information content (AvgIpc) is 2.08. The molecule has 0 saturated carbocycles. The van der Waals surface area contributed by atoms with E-state index in [1.165, 1.54) is 18.2 Å². The minimum atomic E-state index is -2.70. The third kappa shape index (κ3) is 2.87. The van der Waals surface area contributed by atoms with Crippen molar-refractivity contribution in [3.05, 3.63) is 34.1 Å². The van der Waals surface area contributed by atoms with E-state index in [0.717, 1.165) is 0 Å². The van der Waals surface area contributed by atoms with E-state index in [-0.39, 0.29) is 22.4 Å². The highest BCUT2D eigenvalue weighted by Gasteiger charge is 2.20. The number of hydrogen-bond donors (Lipinski definition) is 1. The van der Waals surface area contributed by atoms with Crippen LogP contribution >= 0.6 is 28.3 Å². The number of alkyl halides is 2. The van der Waals surface area contributed by atoms with Gasteiger partial charge in [-0.15, -0.1) is 12.4 Å². The van der Waals surface area contributed by atoms with Crippen LogP contribution in [0.25, 0.3) is 0 Å². The number of rotatable bonds is 2. The van der Waals surface area contributed by atoms with Gasteiger partial charge < -0.3 is 5.73 Å². The normalized spacial score (nSPS) is 12.4. The van der Waals surface area contributed by atoms with E-state index in [0.29, 0.717) is 0 Å². The summed E-state index contributed by atoms with van der Waals surface area (Å²) >= 11 is 2.86. The lowest BCUT2D eigenvalue weighted by atomic mass is 10.1. The Bertz CT molecular complexity index is 309. The van der Waals surface area contributed by atoms with Gasteiger partial charge in [-0.1, -0.05) is 12.1 Å². The Morgan fingerprint density at radius 3 is 2.36 bits per heavy atom. The first-order valence-corrected chi connectivity index (χ1v) is 4.31. The van der Waals surface area contributed by atoms with Crippen molar-refractivity contribution in [2.45, 2.75) is 12.5 Å². The van der Waals surface area contributed by atoms with Crippen molar-refractivity contribution >= 4 is 28.3 Å². The summed E-state index contributed by atoms with van der Waals surface area (Å²) in [5.41, 5.74) is 5.24. The smallest absolute Gasteiger partial charge is 0.257 e. The predicted octanol–water partition coefficient (Wildman–Crippen LogP) is 3.27. The van der Waals surface area contributed by atoms with E-state index >= 15 is 0 Å². The largest absolute Gasteiger partial charge is 0.319 e. The molecule has 0 aliphatic rings. The lowest BCUT2D eigenvalue weighted by Gasteiger charge is -2.12. The van der Waals surface area contributed by atoms with Crippen molar-refractivity contribution in [1.29, 1.82) is 0 Å². The Morgan fingerprint density at radius 2 is 1.86 bits per heavy atom. The second-order valence-corrected chi connectivity index (χ2v) is 3.30. The number of hydrogen-bond acceptors (Lipinski definition) is 1. The van der Waals surface area contributed by atoms with Gasteiger partial charge in [0.05, 0.1) is 10.5 Å². The Balaban J connectivity index is 0.00000169. The fourth-order valence-electron chi connectivity index (χ4n) is 0.914. The van der Waals surface area contributed by atoms with Gasteiger partial charge in [-0.3, -0.25) is 0 Å². The Labute approximate surface area is 94.0 Å². The van der Waals surface area contributed by atoms with Gasteiger partial charge in [0.2, 0.25) is 0 Å². The van der Waals surface area contributed by atoms with Crippen LogP contribution in [-0.2, 0) is 0 Å². The van der Waals surface area contributed by atoms with Crippen molar-refractivity contribution in [3.8, 4) is 0 Å². The summed E-state index contributed by atoms with van der Waals surface area (Å²) in [6, 6.07) is 2.43. The highest BCUT2D eigenvalue weighted by atomic mass is 79.9. The van der Waals surface area contributed by atoms with Gasteiger partial charge in [-0.05, 0) is 27.6 Å². The van der Waals surface area contributed by atoms with Crippen LogP contribution in [0.4, 0.5) is 13.2 Å². The molecule has 0 aromatic heterocycles. The van der Waals surface area contributed by atoms with Gasteiger partial charge >= 0.3 is 0 Å². The van der Waals surface area contributed by atoms with Crippen LogP contribution in [0, 0.1) is 5.82 Å². The van der Waals surface area contributed by atoms with Crippen LogP contribution in [0.3, 0.4) is 0 Å². The molecule has 0 radical (unpaired) electrons. The van der Waals surface area contributed by atoms with E-state index in [2.05, 4.69) is 15.9 Å². The molecule has 14 heavy (non-hydrogen) atoms. The Kier molecular flexibility index (Phi) is 5.48. The van der Waals surface area contributed by atoms with Gasteiger partial charge in [-0.2, -0.15) is 0 Å². The number of benzene rings is 1. The van der Waals surface area contributed by atoms with Crippen molar-refractivity contribution < 1.29 is 13.2 Å². The van der Waals surface area contributed by atoms with E-state index in [4.69, 9.17) is 5.73 Å². The van der Waals surface area contributed by atoms with Gasteiger partial charge in [0, 0.05) is 0 Å². The second kappa shape index (κ2) is 5.58. The summed E-state index contributed by atoms with van der Waals surface area (Å²) in [4.78, 5) is 0. The quantitative estimate of drug-likeness (QED) is 0.889. The van der Waals surface area contributed by atoms with Gasteiger partial charge in [0.15, 0.2) is 0 Å². The second-order valence-electron chi connectivity index (χ2n) is 2.50. The van der Waals surface area contributed by atoms with Crippen LogP contribution in [0.5, 0.6) is 0 Å². The summed E-state index contributed by atoms with van der Waals surface area (Å²) in [7, 11) is 0. The van der Waals surface area contributed by atoms with Crippen LogP contribution in [-0.4, -0.2) is 6.43 Å². The number of halogens is 5. The van der Waals surface area contributed by atoms with Gasteiger partial charge in [0.25, 0.3) is 6.43 Å². The third-order valence-corrected chi connectivity index (χ3v) is 2.45. The monoisotopic (exact) mass is 289 g/mol. The van der Waals surface area contributed by atoms with Crippen LogP contribution in [0.2, 0.25) is 0 Å². The van der Waals surface area contributed by atoms with E-state index < -0.39 is 18.3 Å². The van der Waals surface area contributed by atoms with E-state index in [9.17, 15) is 13.2 Å². The molecule has 0 aliphatic carbocycles. The summed E-state index contributed by atoms with van der Waals surface area (Å²) in [6.07, 6.45) is -2.70. The highest BCUT2D eigenvalue weighted by Crippen LogP contribution is 2.27. The van der Waals surface area contributed by atoms with Crippen molar-refractivity contribution in [2.75, 3.05) is 0 Å². The van der Waals surface area contributed by atoms with Crippen LogP contribution < -0.4 is 5.73 Å².